The Bertz CT molecular complexity index is 882. The molecule has 1 amide bonds. The van der Waals surface area contributed by atoms with Gasteiger partial charge in [0.05, 0.1) is 0 Å². The molecular formula is C18H17N3OS. The molecule has 0 saturated carbocycles. The van der Waals surface area contributed by atoms with E-state index in [1.165, 1.54) is 4.90 Å². The molecule has 2 heterocycles. The molecule has 1 aromatic carbocycles. The third kappa shape index (κ3) is 2.96. The minimum absolute atomic E-state index is 0.0604. The number of pyridine rings is 1. The van der Waals surface area contributed by atoms with Gasteiger partial charge in [0.2, 0.25) is 5.91 Å². The van der Waals surface area contributed by atoms with Crippen LogP contribution in [-0.4, -0.2) is 29.9 Å². The lowest BCUT2D eigenvalue weighted by Crippen LogP contribution is -2.18. The molecule has 0 saturated heterocycles. The summed E-state index contributed by atoms with van der Waals surface area (Å²) in [7, 11) is 3.45. The summed E-state index contributed by atoms with van der Waals surface area (Å²) in [6.07, 6.45) is 5.05. The fourth-order valence-corrected chi connectivity index (χ4v) is 3.42. The standard InChI is InChI=1S/C18H17N3OS/c1-21(2)15(22)9-8-13-10-20-18(19)16-14(11-23-17(13)16)12-6-4-3-5-7-12/h3-11H,1-2H3,(H2,19,20)/b9-8+. The van der Waals surface area contributed by atoms with Gasteiger partial charge in [0, 0.05) is 47.6 Å². The van der Waals surface area contributed by atoms with Crippen LogP contribution in [0, 0.1) is 0 Å². The van der Waals surface area contributed by atoms with Crippen LogP contribution in [0.4, 0.5) is 5.82 Å². The molecule has 0 aliphatic heterocycles. The van der Waals surface area contributed by atoms with Gasteiger partial charge in [-0.05, 0) is 17.0 Å². The van der Waals surface area contributed by atoms with Crippen molar-refractivity contribution in [2.24, 2.45) is 0 Å². The molecule has 2 aromatic heterocycles. The van der Waals surface area contributed by atoms with Crippen molar-refractivity contribution in [3.63, 3.8) is 0 Å². The van der Waals surface area contributed by atoms with Crippen molar-refractivity contribution < 1.29 is 4.79 Å². The fraction of sp³-hybridized carbons (Fsp3) is 0.111. The Labute approximate surface area is 138 Å². The van der Waals surface area contributed by atoms with Gasteiger partial charge >= 0.3 is 0 Å². The molecule has 2 N–H and O–H groups in total. The molecule has 116 valence electrons. The Balaban J connectivity index is 2.12. The zero-order chi connectivity index (χ0) is 16.4. The Morgan fingerprint density at radius 3 is 2.70 bits per heavy atom. The molecule has 0 radical (unpaired) electrons. The highest BCUT2D eigenvalue weighted by Gasteiger charge is 2.13. The van der Waals surface area contributed by atoms with Gasteiger partial charge in [-0.2, -0.15) is 0 Å². The van der Waals surface area contributed by atoms with Crippen molar-refractivity contribution in [1.29, 1.82) is 0 Å². The first-order valence-electron chi connectivity index (χ1n) is 7.18. The average Bonchev–Trinajstić information content (AvgIpc) is 3.00. The lowest BCUT2D eigenvalue weighted by Gasteiger charge is -2.06. The molecule has 3 aromatic rings. The summed E-state index contributed by atoms with van der Waals surface area (Å²) in [5.41, 5.74) is 9.19. The van der Waals surface area contributed by atoms with Gasteiger partial charge in [-0.15, -0.1) is 11.3 Å². The van der Waals surface area contributed by atoms with E-state index in [-0.39, 0.29) is 5.91 Å². The molecule has 5 heteroatoms. The number of aromatic nitrogens is 1. The highest BCUT2D eigenvalue weighted by atomic mass is 32.1. The van der Waals surface area contributed by atoms with Gasteiger partial charge in [-0.3, -0.25) is 4.79 Å². The summed E-state index contributed by atoms with van der Waals surface area (Å²) < 4.78 is 1.04. The number of amides is 1. The minimum atomic E-state index is -0.0604. The van der Waals surface area contributed by atoms with E-state index in [4.69, 9.17) is 5.73 Å². The van der Waals surface area contributed by atoms with Gasteiger partial charge in [0.1, 0.15) is 5.82 Å². The first kappa shape index (κ1) is 15.2. The number of likely N-dealkylation sites (N-methyl/N-ethyl adjacent to an activating group) is 1. The molecule has 0 unspecified atom stereocenters. The number of hydrogen-bond acceptors (Lipinski definition) is 4. The van der Waals surface area contributed by atoms with E-state index in [1.54, 1.807) is 43.8 Å². The maximum atomic E-state index is 11.7. The fourth-order valence-electron chi connectivity index (χ4n) is 2.35. The summed E-state index contributed by atoms with van der Waals surface area (Å²) in [5, 5.41) is 3.03. The Morgan fingerprint density at radius 2 is 2.00 bits per heavy atom. The van der Waals surface area contributed by atoms with Crippen molar-refractivity contribution in [3.05, 3.63) is 53.5 Å². The molecule has 3 rings (SSSR count). The van der Waals surface area contributed by atoms with Crippen molar-refractivity contribution in [2.45, 2.75) is 0 Å². The quantitative estimate of drug-likeness (QED) is 0.749. The van der Waals surface area contributed by atoms with E-state index >= 15 is 0 Å². The van der Waals surface area contributed by atoms with Crippen molar-refractivity contribution >= 4 is 39.2 Å². The smallest absolute Gasteiger partial charge is 0.246 e. The first-order valence-corrected chi connectivity index (χ1v) is 8.06. The number of carbonyl (C=O) groups is 1. The van der Waals surface area contributed by atoms with Crippen LogP contribution in [0.2, 0.25) is 0 Å². The highest BCUT2D eigenvalue weighted by molar-refractivity contribution is 7.18. The zero-order valence-corrected chi connectivity index (χ0v) is 13.8. The number of nitrogen functional groups attached to an aromatic ring is 1. The van der Waals surface area contributed by atoms with Crippen molar-refractivity contribution in [2.75, 3.05) is 19.8 Å². The molecule has 0 aliphatic carbocycles. The zero-order valence-electron chi connectivity index (χ0n) is 13.0. The Morgan fingerprint density at radius 1 is 1.26 bits per heavy atom. The molecular weight excluding hydrogens is 306 g/mol. The molecule has 0 aliphatic rings. The normalized spacial score (nSPS) is 11.2. The van der Waals surface area contributed by atoms with E-state index in [1.807, 2.05) is 18.2 Å². The molecule has 4 nitrogen and oxygen atoms in total. The van der Waals surface area contributed by atoms with Crippen LogP contribution < -0.4 is 5.73 Å². The molecule has 0 fully saturated rings. The van der Waals surface area contributed by atoms with E-state index in [2.05, 4.69) is 22.5 Å². The number of anilines is 1. The monoisotopic (exact) mass is 323 g/mol. The Kier molecular flexibility index (Phi) is 4.12. The second-order valence-electron chi connectivity index (χ2n) is 5.38. The number of nitrogens with two attached hydrogens (primary N) is 1. The SMILES string of the molecule is CN(C)C(=O)/C=C/c1cnc(N)c2c(-c3ccccc3)csc12. The summed E-state index contributed by atoms with van der Waals surface area (Å²) in [6, 6.07) is 10.1. The van der Waals surface area contributed by atoms with Gasteiger partial charge in [0.25, 0.3) is 0 Å². The topological polar surface area (TPSA) is 59.2 Å². The number of hydrogen-bond donors (Lipinski definition) is 1. The predicted molar refractivity (Wildman–Crippen MR) is 97.2 cm³/mol. The second-order valence-corrected chi connectivity index (χ2v) is 6.26. The largest absolute Gasteiger partial charge is 0.383 e. The summed E-state index contributed by atoms with van der Waals surface area (Å²) in [5.74, 6) is 0.450. The van der Waals surface area contributed by atoms with Crippen LogP contribution in [0.25, 0.3) is 27.3 Å². The number of nitrogens with zero attached hydrogens (tertiary/aromatic N) is 2. The minimum Gasteiger partial charge on any atom is -0.383 e. The summed E-state index contributed by atoms with van der Waals surface area (Å²) >= 11 is 1.61. The van der Waals surface area contributed by atoms with Crippen LogP contribution in [0.5, 0.6) is 0 Å². The van der Waals surface area contributed by atoms with Gasteiger partial charge < -0.3 is 10.6 Å². The van der Waals surface area contributed by atoms with E-state index in [0.717, 1.165) is 26.8 Å². The van der Waals surface area contributed by atoms with E-state index in [9.17, 15) is 4.79 Å². The molecule has 0 bridgehead atoms. The van der Waals surface area contributed by atoms with Crippen LogP contribution >= 0.6 is 11.3 Å². The molecule has 0 atom stereocenters. The van der Waals surface area contributed by atoms with E-state index < -0.39 is 0 Å². The highest BCUT2D eigenvalue weighted by Crippen LogP contribution is 2.38. The maximum Gasteiger partial charge on any atom is 0.246 e. The number of benzene rings is 1. The van der Waals surface area contributed by atoms with Gasteiger partial charge in [-0.25, -0.2) is 4.98 Å². The second kappa shape index (κ2) is 6.22. The summed E-state index contributed by atoms with van der Waals surface area (Å²) in [4.78, 5) is 17.6. The third-order valence-electron chi connectivity index (χ3n) is 3.58. The predicted octanol–water partition coefficient (Wildman–Crippen LogP) is 3.65. The first-order chi connectivity index (χ1) is 11.1. The average molecular weight is 323 g/mol. The van der Waals surface area contributed by atoms with Gasteiger partial charge in [0.15, 0.2) is 0 Å². The van der Waals surface area contributed by atoms with Crippen molar-refractivity contribution in [3.8, 4) is 11.1 Å². The van der Waals surface area contributed by atoms with Crippen LogP contribution in [-0.2, 0) is 4.79 Å². The van der Waals surface area contributed by atoms with E-state index in [0.29, 0.717) is 5.82 Å². The van der Waals surface area contributed by atoms with Crippen LogP contribution in [0.1, 0.15) is 5.56 Å². The van der Waals surface area contributed by atoms with Crippen LogP contribution in [0.15, 0.2) is 48.0 Å². The summed E-state index contributed by atoms with van der Waals surface area (Å²) in [6.45, 7) is 0. The van der Waals surface area contributed by atoms with Crippen molar-refractivity contribution in [1.82, 2.24) is 9.88 Å². The Hall–Kier alpha value is -2.66. The number of carbonyl (C=O) groups excluding carboxylic acids is 1. The lowest BCUT2D eigenvalue weighted by molar-refractivity contribution is -0.123. The number of fused-ring (bicyclic) bond motifs is 1. The third-order valence-corrected chi connectivity index (χ3v) is 4.61. The lowest BCUT2D eigenvalue weighted by atomic mass is 10.0. The molecule has 0 spiro atoms. The maximum absolute atomic E-state index is 11.7. The van der Waals surface area contributed by atoms with Crippen LogP contribution in [0.3, 0.4) is 0 Å². The number of rotatable bonds is 3. The number of thiophene rings is 1. The van der Waals surface area contributed by atoms with Gasteiger partial charge in [-0.1, -0.05) is 30.3 Å². The molecule has 23 heavy (non-hydrogen) atoms.